The molecule has 1 amide bonds. The number of fused-ring (bicyclic) bond motifs is 1. The number of nitriles is 1. The molecule has 0 spiro atoms. The largest absolute Gasteiger partial charge is 0.433 e. The van der Waals surface area contributed by atoms with Crippen molar-refractivity contribution in [3.8, 4) is 11.8 Å². The van der Waals surface area contributed by atoms with Gasteiger partial charge in [0.05, 0.1) is 11.9 Å². The summed E-state index contributed by atoms with van der Waals surface area (Å²) < 4.78 is 42.0. The van der Waals surface area contributed by atoms with Gasteiger partial charge in [-0.2, -0.15) is 28.6 Å². The van der Waals surface area contributed by atoms with Crippen LogP contribution in [0.5, 0.6) is 0 Å². The van der Waals surface area contributed by atoms with Gasteiger partial charge in [0.2, 0.25) is 0 Å². The second-order valence-electron chi connectivity index (χ2n) is 6.40. The molecular weight excluding hydrogens is 435 g/mol. The number of alkyl halides is 3. The number of amides is 1. The van der Waals surface area contributed by atoms with Crippen LogP contribution in [0.15, 0.2) is 42.6 Å². The van der Waals surface area contributed by atoms with E-state index in [0.29, 0.717) is 10.2 Å². The van der Waals surface area contributed by atoms with Crippen LogP contribution in [0.25, 0.3) is 11.3 Å². The Kier molecular flexibility index (Phi) is 4.87. The summed E-state index contributed by atoms with van der Waals surface area (Å²) in [6, 6.07) is 11.4. The van der Waals surface area contributed by atoms with Crippen molar-refractivity contribution in [3.05, 3.63) is 70.3 Å². The lowest BCUT2D eigenvalue weighted by Gasteiger charge is -2.09. The molecule has 0 saturated carbocycles. The fourth-order valence-electron chi connectivity index (χ4n) is 2.94. The minimum absolute atomic E-state index is 0.0204. The Morgan fingerprint density at radius 3 is 2.61 bits per heavy atom. The molecule has 3 heterocycles. The van der Waals surface area contributed by atoms with Crippen LogP contribution in [-0.2, 0) is 6.18 Å². The molecule has 31 heavy (non-hydrogen) atoms. The zero-order valence-corrected chi connectivity index (χ0v) is 16.4. The number of nitrogens with one attached hydrogen (secondary N) is 1. The van der Waals surface area contributed by atoms with E-state index >= 15 is 0 Å². The Labute approximate surface area is 177 Å². The molecule has 0 unspecified atom stereocenters. The van der Waals surface area contributed by atoms with Crippen LogP contribution in [0.2, 0.25) is 5.02 Å². The summed E-state index contributed by atoms with van der Waals surface area (Å²) in [5, 5.41) is 19.3. The van der Waals surface area contributed by atoms with Gasteiger partial charge in [-0.25, -0.2) is 14.2 Å². The average molecular weight is 446 g/mol. The minimum atomic E-state index is -4.74. The molecule has 1 aromatic carbocycles. The third-order valence-electron chi connectivity index (χ3n) is 4.29. The van der Waals surface area contributed by atoms with Crippen LogP contribution in [0.4, 0.5) is 19.0 Å². The van der Waals surface area contributed by atoms with Gasteiger partial charge in [0, 0.05) is 5.69 Å². The number of carbonyl (C=O) groups excluding carboxylic acids is 1. The maximum absolute atomic E-state index is 13.4. The molecule has 8 nitrogen and oxygen atoms in total. The van der Waals surface area contributed by atoms with E-state index in [1.165, 1.54) is 17.8 Å². The normalized spacial score (nSPS) is 11.5. The smallest absolute Gasteiger partial charge is 0.304 e. The minimum Gasteiger partial charge on any atom is -0.304 e. The number of carbonyl (C=O) groups is 1. The fraction of sp³-hybridized carbons (Fsp3) is 0.105. The van der Waals surface area contributed by atoms with Crippen LogP contribution in [0, 0.1) is 18.3 Å². The van der Waals surface area contributed by atoms with E-state index in [2.05, 4.69) is 20.5 Å². The van der Waals surface area contributed by atoms with Gasteiger partial charge in [-0.05, 0) is 25.1 Å². The van der Waals surface area contributed by atoms with E-state index in [4.69, 9.17) is 11.6 Å². The molecule has 4 aromatic rings. The molecule has 0 atom stereocenters. The molecule has 0 fully saturated rings. The highest BCUT2D eigenvalue weighted by Crippen LogP contribution is 2.32. The summed E-state index contributed by atoms with van der Waals surface area (Å²) in [5.74, 6) is -0.900. The molecule has 0 aliphatic rings. The molecule has 0 aliphatic carbocycles. The number of anilines is 1. The number of benzene rings is 1. The molecule has 0 saturated heterocycles. The van der Waals surface area contributed by atoms with Crippen molar-refractivity contribution >= 4 is 29.0 Å². The Hall–Kier alpha value is -3.91. The number of rotatable bonds is 3. The predicted molar refractivity (Wildman–Crippen MR) is 104 cm³/mol. The maximum atomic E-state index is 13.4. The lowest BCUT2D eigenvalue weighted by atomic mass is 10.3. The molecule has 0 radical (unpaired) electrons. The summed E-state index contributed by atoms with van der Waals surface area (Å²) in [7, 11) is 0. The molecule has 0 aliphatic heterocycles. The van der Waals surface area contributed by atoms with E-state index in [1.54, 1.807) is 30.3 Å². The lowest BCUT2D eigenvalue weighted by molar-refractivity contribution is -0.142. The van der Waals surface area contributed by atoms with E-state index in [1.807, 2.05) is 6.07 Å². The lowest BCUT2D eigenvalue weighted by Crippen LogP contribution is -2.18. The first kappa shape index (κ1) is 20.4. The van der Waals surface area contributed by atoms with Crippen LogP contribution in [0.1, 0.15) is 27.4 Å². The van der Waals surface area contributed by atoms with E-state index in [-0.39, 0.29) is 27.7 Å². The first-order chi connectivity index (χ1) is 14.7. The molecule has 1 N–H and O–H groups in total. The van der Waals surface area contributed by atoms with Crippen molar-refractivity contribution in [2.45, 2.75) is 13.1 Å². The fourth-order valence-corrected chi connectivity index (χ4v) is 3.19. The van der Waals surface area contributed by atoms with Gasteiger partial charge >= 0.3 is 6.18 Å². The summed E-state index contributed by atoms with van der Waals surface area (Å²) in [6.07, 6.45) is -3.49. The standard InChI is InChI=1S/C19H11ClF3N7O/c1-10-7-13(19(21,22)23)30-17(26-10)14(20)15(28-30)18(31)27-16-11(8-24)9-25-29(16)12-5-3-2-4-6-12/h2-7,9H,1H3,(H,27,31). The molecule has 156 valence electrons. The summed E-state index contributed by atoms with van der Waals surface area (Å²) in [4.78, 5) is 16.8. The molecule has 0 bridgehead atoms. The van der Waals surface area contributed by atoms with E-state index in [9.17, 15) is 23.2 Å². The maximum Gasteiger partial charge on any atom is 0.433 e. The molecule has 4 rings (SSSR count). The number of hydrogen-bond donors (Lipinski definition) is 1. The van der Waals surface area contributed by atoms with Crippen LogP contribution < -0.4 is 5.32 Å². The number of aromatic nitrogens is 5. The molecular formula is C19H11ClF3N7O. The summed E-state index contributed by atoms with van der Waals surface area (Å²) in [6.45, 7) is 1.37. The number of para-hydroxylation sites is 1. The van der Waals surface area contributed by atoms with Gasteiger partial charge in [-0.1, -0.05) is 29.8 Å². The van der Waals surface area contributed by atoms with Crippen LogP contribution in [0.3, 0.4) is 0 Å². The molecule has 3 aromatic heterocycles. The highest BCUT2D eigenvalue weighted by atomic mass is 35.5. The van der Waals surface area contributed by atoms with Gasteiger partial charge in [-0.15, -0.1) is 0 Å². The second kappa shape index (κ2) is 7.41. The van der Waals surface area contributed by atoms with Crippen molar-refractivity contribution in [2.24, 2.45) is 0 Å². The zero-order chi connectivity index (χ0) is 22.3. The predicted octanol–water partition coefficient (Wildman–Crippen LogP) is 4.02. The van der Waals surface area contributed by atoms with Gasteiger partial charge in [0.25, 0.3) is 5.91 Å². The monoisotopic (exact) mass is 445 g/mol. The molecule has 12 heteroatoms. The highest BCUT2D eigenvalue weighted by Gasteiger charge is 2.36. The SMILES string of the molecule is Cc1cc(C(F)(F)F)n2nc(C(=O)Nc3c(C#N)cnn3-c3ccccc3)c(Cl)c2n1. The topological polar surface area (TPSA) is 101 Å². The second-order valence-corrected chi connectivity index (χ2v) is 6.78. The average Bonchev–Trinajstić information content (AvgIpc) is 3.28. The third kappa shape index (κ3) is 3.57. The van der Waals surface area contributed by atoms with Gasteiger partial charge < -0.3 is 5.32 Å². The van der Waals surface area contributed by atoms with E-state index in [0.717, 1.165) is 6.07 Å². The number of nitrogens with zero attached hydrogens (tertiary/aromatic N) is 6. The van der Waals surface area contributed by atoms with Crippen LogP contribution >= 0.6 is 11.6 Å². The van der Waals surface area contributed by atoms with Gasteiger partial charge in [0.15, 0.2) is 17.2 Å². The van der Waals surface area contributed by atoms with Crippen molar-refractivity contribution in [1.82, 2.24) is 24.4 Å². The van der Waals surface area contributed by atoms with Crippen molar-refractivity contribution in [2.75, 3.05) is 5.32 Å². The Morgan fingerprint density at radius 2 is 1.97 bits per heavy atom. The number of aryl methyl sites for hydroxylation is 1. The summed E-state index contributed by atoms with van der Waals surface area (Å²) in [5.41, 5.74) is -1.25. The number of hydrogen-bond acceptors (Lipinski definition) is 5. The Balaban J connectivity index is 1.80. The third-order valence-corrected chi connectivity index (χ3v) is 4.64. The Bertz CT molecular complexity index is 1350. The van der Waals surface area contributed by atoms with Crippen molar-refractivity contribution < 1.29 is 18.0 Å². The van der Waals surface area contributed by atoms with Gasteiger partial charge in [-0.3, -0.25) is 4.79 Å². The first-order valence-electron chi connectivity index (χ1n) is 8.68. The zero-order valence-electron chi connectivity index (χ0n) is 15.6. The highest BCUT2D eigenvalue weighted by molar-refractivity contribution is 6.37. The van der Waals surface area contributed by atoms with Crippen molar-refractivity contribution in [1.29, 1.82) is 5.26 Å². The van der Waals surface area contributed by atoms with Gasteiger partial charge in [0.1, 0.15) is 22.3 Å². The first-order valence-corrected chi connectivity index (χ1v) is 9.06. The number of halogens is 4. The summed E-state index contributed by atoms with van der Waals surface area (Å²) >= 11 is 6.16. The van der Waals surface area contributed by atoms with E-state index < -0.39 is 23.5 Å². The Morgan fingerprint density at radius 1 is 1.26 bits per heavy atom. The quantitative estimate of drug-likeness (QED) is 0.513. The van der Waals surface area contributed by atoms with Crippen molar-refractivity contribution in [3.63, 3.8) is 0 Å². The van der Waals surface area contributed by atoms with Crippen LogP contribution in [-0.4, -0.2) is 30.3 Å².